The number of nitrogens with one attached hydrogen (secondary N) is 1. The van der Waals surface area contributed by atoms with E-state index in [0.717, 1.165) is 48.7 Å². The number of aliphatic imine (C=N–C) groups is 1. The van der Waals surface area contributed by atoms with Crippen LogP contribution in [-0.2, 0) is 6.54 Å². The van der Waals surface area contributed by atoms with Crippen LogP contribution in [0.3, 0.4) is 0 Å². The number of amides is 1. The normalized spacial score (nSPS) is 12.7. The molecule has 1 amide bonds. The predicted octanol–water partition coefficient (Wildman–Crippen LogP) is 3.08. The van der Waals surface area contributed by atoms with Gasteiger partial charge in [0.15, 0.2) is 0 Å². The van der Waals surface area contributed by atoms with E-state index in [1.807, 2.05) is 42.6 Å². The molecule has 0 saturated heterocycles. The average molecular weight is 417 g/mol. The summed E-state index contributed by atoms with van der Waals surface area (Å²) in [6.45, 7) is 8.73. The molecule has 31 heavy (non-hydrogen) atoms. The maximum absolute atomic E-state index is 12.4. The van der Waals surface area contributed by atoms with Gasteiger partial charge in [-0.25, -0.2) is 4.68 Å². The van der Waals surface area contributed by atoms with Crippen molar-refractivity contribution in [3.8, 4) is 5.69 Å². The van der Waals surface area contributed by atoms with Crippen LogP contribution in [-0.4, -0.2) is 57.7 Å². The van der Waals surface area contributed by atoms with Crippen LogP contribution in [0.1, 0.15) is 47.4 Å². The lowest BCUT2D eigenvalue weighted by Crippen LogP contribution is -2.29. The zero-order chi connectivity index (χ0) is 21.6. The second-order valence-electron chi connectivity index (χ2n) is 7.55. The Labute approximate surface area is 182 Å². The van der Waals surface area contributed by atoms with Gasteiger partial charge in [0.25, 0.3) is 5.91 Å². The van der Waals surface area contributed by atoms with Gasteiger partial charge in [-0.3, -0.25) is 9.79 Å². The first-order valence-electron chi connectivity index (χ1n) is 10.9. The highest BCUT2D eigenvalue weighted by molar-refractivity contribution is 6.13. The fourth-order valence-corrected chi connectivity index (χ4v) is 3.77. The zero-order valence-electron chi connectivity index (χ0n) is 18.1. The van der Waals surface area contributed by atoms with Gasteiger partial charge in [0.2, 0.25) is 0 Å². The molecule has 1 aliphatic heterocycles. The van der Waals surface area contributed by atoms with Crippen molar-refractivity contribution in [2.75, 3.05) is 26.2 Å². The minimum absolute atomic E-state index is 0.0534. The van der Waals surface area contributed by atoms with E-state index < -0.39 is 0 Å². The quantitative estimate of drug-likeness (QED) is 0.544. The second-order valence-corrected chi connectivity index (χ2v) is 7.55. The smallest absolute Gasteiger partial charge is 0.251 e. The van der Waals surface area contributed by atoms with Crippen molar-refractivity contribution in [3.63, 3.8) is 0 Å². The number of hydrogen-bond acceptors (Lipinski definition) is 5. The molecule has 4 rings (SSSR count). The molecule has 2 heterocycles. The van der Waals surface area contributed by atoms with Gasteiger partial charge in [-0.2, -0.15) is 0 Å². The highest BCUT2D eigenvalue weighted by Gasteiger charge is 2.19. The fourth-order valence-electron chi connectivity index (χ4n) is 3.77. The molecule has 7 heteroatoms. The van der Waals surface area contributed by atoms with Crippen molar-refractivity contribution in [1.82, 2.24) is 25.2 Å². The lowest BCUT2D eigenvalue weighted by atomic mass is 10.0. The van der Waals surface area contributed by atoms with E-state index in [1.165, 1.54) is 5.56 Å². The first-order chi connectivity index (χ1) is 15.2. The zero-order valence-corrected chi connectivity index (χ0v) is 18.1. The second kappa shape index (κ2) is 9.66. The first kappa shape index (κ1) is 20.9. The van der Waals surface area contributed by atoms with Crippen LogP contribution in [0.2, 0.25) is 0 Å². The highest BCUT2D eigenvalue weighted by Crippen LogP contribution is 2.22. The van der Waals surface area contributed by atoms with E-state index in [2.05, 4.69) is 51.5 Å². The number of aromatic nitrogens is 3. The maximum atomic E-state index is 12.4. The van der Waals surface area contributed by atoms with E-state index in [9.17, 15) is 4.79 Å². The lowest BCUT2D eigenvalue weighted by molar-refractivity contribution is 0.0952. The van der Waals surface area contributed by atoms with Gasteiger partial charge in [-0.15, -0.1) is 5.10 Å². The standard InChI is InChI=1S/C24H28N6O/c1-3-29(4-2)15-7-14-25-24(31)18-10-12-20(13-11-18)30-17-22(27-28-30)23-21-9-6-5-8-19(21)16-26-23/h5-6,8-13,17H,3-4,7,14-16H2,1-2H3,(H,25,31). The molecule has 0 saturated carbocycles. The molecule has 7 nitrogen and oxygen atoms in total. The van der Waals surface area contributed by atoms with Crippen LogP contribution < -0.4 is 5.32 Å². The topological polar surface area (TPSA) is 75.4 Å². The molecule has 1 aliphatic rings. The number of fused-ring (bicyclic) bond motifs is 1. The van der Waals surface area contributed by atoms with E-state index in [4.69, 9.17) is 0 Å². The average Bonchev–Trinajstić information content (AvgIpc) is 3.46. The van der Waals surface area contributed by atoms with Crippen LogP contribution in [0.15, 0.2) is 59.7 Å². The van der Waals surface area contributed by atoms with Crippen molar-refractivity contribution in [3.05, 3.63) is 77.1 Å². The van der Waals surface area contributed by atoms with Gasteiger partial charge >= 0.3 is 0 Å². The van der Waals surface area contributed by atoms with Gasteiger partial charge < -0.3 is 10.2 Å². The van der Waals surface area contributed by atoms with E-state index >= 15 is 0 Å². The van der Waals surface area contributed by atoms with Gasteiger partial charge in [-0.05, 0) is 55.9 Å². The predicted molar refractivity (Wildman–Crippen MR) is 122 cm³/mol. The third-order valence-corrected chi connectivity index (χ3v) is 5.64. The number of rotatable bonds is 9. The molecule has 0 unspecified atom stereocenters. The summed E-state index contributed by atoms with van der Waals surface area (Å²) in [5.74, 6) is -0.0534. The van der Waals surface area contributed by atoms with Crippen LogP contribution in [0, 0.1) is 0 Å². The lowest BCUT2D eigenvalue weighted by Gasteiger charge is -2.17. The Morgan fingerprint density at radius 1 is 1.10 bits per heavy atom. The molecule has 0 atom stereocenters. The molecule has 0 spiro atoms. The molecular formula is C24H28N6O. The Morgan fingerprint density at radius 2 is 1.87 bits per heavy atom. The molecule has 0 aliphatic carbocycles. The third-order valence-electron chi connectivity index (χ3n) is 5.64. The maximum Gasteiger partial charge on any atom is 0.251 e. The third kappa shape index (κ3) is 4.72. The Balaban J connectivity index is 1.36. The molecule has 0 fully saturated rings. The summed E-state index contributed by atoms with van der Waals surface area (Å²) >= 11 is 0. The number of nitrogens with zero attached hydrogens (tertiary/aromatic N) is 5. The summed E-state index contributed by atoms with van der Waals surface area (Å²) in [7, 11) is 0. The van der Waals surface area contributed by atoms with Crippen molar-refractivity contribution in [2.45, 2.75) is 26.8 Å². The van der Waals surface area contributed by atoms with Gasteiger partial charge in [0.05, 0.1) is 24.1 Å². The summed E-state index contributed by atoms with van der Waals surface area (Å²) in [5, 5.41) is 11.6. The Kier molecular flexibility index (Phi) is 6.52. The largest absolute Gasteiger partial charge is 0.352 e. The summed E-state index contributed by atoms with van der Waals surface area (Å²) in [6, 6.07) is 15.6. The molecular weight excluding hydrogens is 388 g/mol. The van der Waals surface area contributed by atoms with Crippen molar-refractivity contribution >= 4 is 11.6 Å². The van der Waals surface area contributed by atoms with Crippen LogP contribution in [0.5, 0.6) is 0 Å². The molecule has 0 bridgehead atoms. The van der Waals surface area contributed by atoms with Crippen LogP contribution >= 0.6 is 0 Å². The molecule has 160 valence electrons. The Hall–Kier alpha value is -3.32. The van der Waals surface area contributed by atoms with E-state index in [0.29, 0.717) is 18.7 Å². The van der Waals surface area contributed by atoms with Crippen molar-refractivity contribution < 1.29 is 4.79 Å². The number of carbonyl (C=O) groups is 1. The van der Waals surface area contributed by atoms with E-state index in [1.54, 1.807) is 4.68 Å². The molecule has 2 aromatic carbocycles. The fraction of sp³-hybridized carbons (Fsp3) is 0.333. The molecule has 1 aromatic heterocycles. The Bertz CT molecular complexity index is 1070. The monoisotopic (exact) mass is 416 g/mol. The molecule has 1 N–H and O–H groups in total. The minimum atomic E-state index is -0.0534. The summed E-state index contributed by atoms with van der Waals surface area (Å²) < 4.78 is 1.71. The number of benzene rings is 2. The van der Waals surface area contributed by atoms with Gasteiger partial charge in [0, 0.05) is 17.7 Å². The van der Waals surface area contributed by atoms with Crippen LogP contribution in [0.25, 0.3) is 5.69 Å². The molecule has 0 radical (unpaired) electrons. The Morgan fingerprint density at radius 3 is 2.65 bits per heavy atom. The van der Waals surface area contributed by atoms with Crippen molar-refractivity contribution in [1.29, 1.82) is 0 Å². The summed E-state index contributed by atoms with van der Waals surface area (Å²) in [6.07, 6.45) is 2.82. The highest BCUT2D eigenvalue weighted by atomic mass is 16.1. The van der Waals surface area contributed by atoms with Crippen LogP contribution in [0.4, 0.5) is 0 Å². The number of carbonyl (C=O) groups excluding carboxylic acids is 1. The van der Waals surface area contributed by atoms with Gasteiger partial charge in [-0.1, -0.05) is 43.3 Å². The number of hydrogen-bond donors (Lipinski definition) is 1. The summed E-state index contributed by atoms with van der Waals surface area (Å²) in [4.78, 5) is 19.4. The van der Waals surface area contributed by atoms with Gasteiger partial charge in [0.1, 0.15) is 5.69 Å². The van der Waals surface area contributed by atoms with E-state index in [-0.39, 0.29) is 5.91 Å². The van der Waals surface area contributed by atoms with Crippen molar-refractivity contribution in [2.24, 2.45) is 4.99 Å². The SMILES string of the molecule is CCN(CC)CCCNC(=O)c1ccc(-n2cc(C3=NCc4ccccc43)nn2)cc1. The summed E-state index contributed by atoms with van der Waals surface area (Å²) in [5.41, 5.74) is 5.44. The first-order valence-corrected chi connectivity index (χ1v) is 10.9. The molecule has 3 aromatic rings. The minimum Gasteiger partial charge on any atom is -0.352 e.